The highest BCUT2D eigenvalue weighted by molar-refractivity contribution is 5.28. The molecule has 0 saturated carbocycles. The number of aliphatic hydroxyl groups excluding tert-OH is 1. The van der Waals surface area contributed by atoms with E-state index in [0.717, 1.165) is 0 Å². The summed E-state index contributed by atoms with van der Waals surface area (Å²) in [4.78, 5) is 8.03. The minimum atomic E-state index is -4.71. The van der Waals surface area contributed by atoms with E-state index in [1.807, 2.05) is 0 Å². The molecule has 7 heteroatoms. The van der Waals surface area contributed by atoms with Gasteiger partial charge in [0.1, 0.15) is 17.7 Å². The standard InChI is InChI=1S/C14H13F3N2O2/c1-9-18-7-6-12(19-9)13(20)8-10-2-4-11(5-3-10)21-14(15,16)17/h2-7,13,20H,8H2,1H3. The van der Waals surface area contributed by atoms with Crippen LogP contribution in [-0.4, -0.2) is 21.4 Å². The Hall–Kier alpha value is -2.15. The van der Waals surface area contributed by atoms with Crippen molar-refractivity contribution in [1.29, 1.82) is 0 Å². The van der Waals surface area contributed by atoms with Crippen molar-refractivity contribution in [2.24, 2.45) is 0 Å². The second kappa shape index (κ2) is 6.09. The molecule has 1 unspecified atom stereocenters. The molecule has 21 heavy (non-hydrogen) atoms. The summed E-state index contributed by atoms with van der Waals surface area (Å²) in [5.41, 5.74) is 1.14. The van der Waals surface area contributed by atoms with E-state index in [2.05, 4.69) is 14.7 Å². The second-order valence-electron chi connectivity index (χ2n) is 4.44. The van der Waals surface area contributed by atoms with Crippen molar-refractivity contribution >= 4 is 0 Å². The Morgan fingerprint density at radius 2 is 1.86 bits per heavy atom. The van der Waals surface area contributed by atoms with Crippen LogP contribution in [0, 0.1) is 6.92 Å². The van der Waals surface area contributed by atoms with Crippen molar-refractivity contribution < 1.29 is 23.0 Å². The predicted molar refractivity (Wildman–Crippen MR) is 68.6 cm³/mol. The van der Waals surface area contributed by atoms with Crippen LogP contribution in [0.15, 0.2) is 36.5 Å². The molecule has 0 radical (unpaired) electrons. The maximum atomic E-state index is 12.0. The smallest absolute Gasteiger partial charge is 0.406 e. The Labute approximate surface area is 119 Å². The zero-order valence-electron chi connectivity index (χ0n) is 11.1. The molecule has 4 nitrogen and oxygen atoms in total. The van der Waals surface area contributed by atoms with Gasteiger partial charge in [-0.3, -0.25) is 0 Å². The van der Waals surface area contributed by atoms with Crippen molar-refractivity contribution in [3.63, 3.8) is 0 Å². The van der Waals surface area contributed by atoms with Gasteiger partial charge < -0.3 is 9.84 Å². The third kappa shape index (κ3) is 4.71. The Morgan fingerprint density at radius 1 is 1.19 bits per heavy atom. The average molecular weight is 298 g/mol. The number of nitrogens with zero attached hydrogens (tertiary/aromatic N) is 2. The van der Waals surface area contributed by atoms with E-state index < -0.39 is 12.5 Å². The van der Waals surface area contributed by atoms with Gasteiger partial charge in [-0.2, -0.15) is 0 Å². The van der Waals surface area contributed by atoms with Crippen molar-refractivity contribution in [2.75, 3.05) is 0 Å². The number of benzene rings is 1. The third-order valence-electron chi connectivity index (χ3n) is 2.72. The first-order chi connectivity index (χ1) is 9.83. The van der Waals surface area contributed by atoms with Gasteiger partial charge in [-0.05, 0) is 30.7 Å². The molecule has 112 valence electrons. The number of rotatable bonds is 4. The summed E-state index contributed by atoms with van der Waals surface area (Å²) in [6.45, 7) is 1.71. The highest BCUT2D eigenvalue weighted by Gasteiger charge is 2.30. The van der Waals surface area contributed by atoms with Gasteiger partial charge in [-0.25, -0.2) is 9.97 Å². The van der Waals surface area contributed by atoms with Crippen LogP contribution in [-0.2, 0) is 6.42 Å². The van der Waals surface area contributed by atoms with Crippen LogP contribution < -0.4 is 4.74 Å². The molecule has 0 aliphatic heterocycles. The zero-order valence-corrected chi connectivity index (χ0v) is 11.1. The van der Waals surface area contributed by atoms with Gasteiger partial charge in [-0.15, -0.1) is 13.2 Å². The Morgan fingerprint density at radius 3 is 2.43 bits per heavy atom. The van der Waals surface area contributed by atoms with E-state index in [0.29, 0.717) is 17.1 Å². The van der Waals surface area contributed by atoms with Gasteiger partial charge in [0.05, 0.1) is 5.69 Å². The molecule has 1 N–H and O–H groups in total. The van der Waals surface area contributed by atoms with E-state index in [9.17, 15) is 18.3 Å². The number of aliphatic hydroxyl groups is 1. The zero-order chi connectivity index (χ0) is 15.5. The summed E-state index contributed by atoms with van der Waals surface area (Å²) in [5, 5.41) is 10.1. The molecule has 1 heterocycles. The quantitative estimate of drug-likeness (QED) is 0.943. The first kappa shape index (κ1) is 15.2. The molecule has 1 aromatic carbocycles. The topological polar surface area (TPSA) is 55.2 Å². The molecular weight excluding hydrogens is 285 g/mol. The van der Waals surface area contributed by atoms with Crippen LogP contribution in [0.25, 0.3) is 0 Å². The van der Waals surface area contributed by atoms with Crippen molar-refractivity contribution in [2.45, 2.75) is 25.8 Å². The van der Waals surface area contributed by atoms with Crippen LogP contribution >= 0.6 is 0 Å². The minimum Gasteiger partial charge on any atom is -0.406 e. The summed E-state index contributed by atoms with van der Waals surface area (Å²) in [5.74, 6) is 0.249. The molecule has 0 spiro atoms. The first-order valence-corrected chi connectivity index (χ1v) is 6.16. The van der Waals surface area contributed by atoms with Crippen molar-refractivity contribution in [3.05, 3.63) is 53.6 Å². The fourth-order valence-corrected chi connectivity index (χ4v) is 1.82. The fraction of sp³-hybridized carbons (Fsp3) is 0.286. The Kier molecular flexibility index (Phi) is 4.42. The molecule has 0 fully saturated rings. The molecule has 0 amide bonds. The van der Waals surface area contributed by atoms with Gasteiger partial charge >= 0.3 is 6.36 Å². The number of aromatic nitrogens is 2. The fourth-order valence-electron chi connectivity index (χ4n) is 1.82. The molecular formula is C14H13F3N2O2. The number of alkyl halides is 3. The molecule has 2 rings (SSSR count). The Bertz CT molecular complexity index is 600. The van der Waals surface area contributed by atoms with E-state index in [4.69, 9.17) is 0 Å². The van der Waals surface area contributed by atoms with Crippen molar-refractivity contribution in [1.82, 2.24) is 9.97 Å². The molecule has 0 aliphatic carbocycles. The van der Waals surface area contributed by atoms with E-state index in [1.54, 1.807) is 19.2 Å². The van der Waals surface area contributed by atoms with Crippen LogP contribution in [0.2, 0.25) is 0 Å². The lowest BCUT2D eigenvalue weighted by Crippen LogP contribution is -2.17. The van der Waals surface area contributed by atoms with Crippen molar-refractivity contribution in [3.8, 4) is 5.75 Å². The van der Waals surface area contributed by atoms with E-state index >= 15 is 0 Å². The second-order valence-corrected chi connectivity index (χ2v) is 4.44. The maximum Gasteiger partial charge on any atom is 0.573 e. The Balaban J connectivity index is 2.03. The van der Waals surface area contributed by atoms with Crippen LogP contribution in [0.4, 0.5) is 13.2 Å². The SMILES string of the molecule is Cc1nccc(C(O)Cc2ccc(OC(F)(F)F)cc2)n1. The highest BCUT2D eigenvalue weighted by Crippen LogP contribution is 2.24. The van der Waals surface area contributed by atoms with Gasteiger partial charge in [0, 0.05) is 12.6 Å². The molecule has 1 atom stereocenters. The molecule has 0 aliphatic rings. The third-order valence-corrected chi connectivity index (χ3v) is 2.72. The number of ether oxygens (including phenoxy) is 1. The lowest BCUT2D eigenvalue weighted by molar-refractivity contribution is -0.274. The van der Waals surface area contributed by atoms with E-state index in [-0.39, 0.29) is 12.2 Å². The number of aryl methyl sites for hydroxylation is 1. The summed E-state index contributed by atoms with van der Waals surface area (Å²) in [7, 11) is 0. The average Bonchev–Trinajstić information content (AvgIpc) is 2.39. The normalized spacial score (nSPS) is 13.0. The lowest BCUT2D eigenvalue weighted by Gasteiger charge is -2.12. The van der Waals surface area contributed by atoms with E-state index in [1.165, 1.54) is 24.3 Å². The summed E-state index contributed by atoms with van der Waals surface area (Å²) < 4.78 is 39.9. The summed E-state index contributed by atoms with van der Waals surface area (Å²) >= 11 is 0. The lowest BCUT2D eigenvalue weighted by atomic mass is 10.1. The van der Waals surface area contributed by atoms with Gasteiger partial charge in [0.15, 0.2) is 0 Å². The van der Waals surface area contributed by atoms with Crippen LogP contribution in [0.3, 0.4) is 0 Å². The van der Waals surface area contributed by atoms with Gasteiger partial charge in [-0.1, -0.05) is 12.1 Å². The molecule has 0 bridgehead atoms. The van der Waals surface area contributed by atoms with Gasteiger partial charge in [0.25, 0.3) is 0 Å². The summed E-state index contributed by atoms with van der Waals surface area (Å²) in [6.07, 6.45) is -3.77. The highest BCUT2D eigenvalue weighted by atomic mass is 19.4. The maximum absolute atomic E-state index is 12.0. The minimum absolute atomic E-state index is 0.239. The van der Waals surface area contributed by atoms with Gasteiger partial charge in [0.2, 0.25) is 0 Å². The summed E-state index contributed by atoms with van der Waals surface area (Å²) in [6, 6.07) is 6.96. The number of hydrogen-bond acceptors (Lipinski definition) is 4. The molecule has 1 aromatic heterocycles. The molecule has 0 saturated heterocycles. The monoisotopic (exact) mass is 298 g/mol. The number of halogens is 3. The largest absolute Gasteiger partial charge is 0.573 e. The number of hydrogen-bond donors (Lipinski definition) is 1. The predicted octanol–water partition coefficient (Wildman–Crippen LogP) is 2.96. The van der Waals surface area contributed by atoms with Crippen LogP contribution in [0.1, 0.15) is 23.2 Å². The van der Waals surface area contributed by atoms with Crippen LogP contribution in [0.5, 0.6) is 5.75 Å². The molecule has 2 aromatic rings. The first-order valence-electron chi connectivity index (χ1n) is 6.16.